The number of carbonyl (C=O) groups is 1. The molecule has 2 aromatic carbocycles. The van der Waals surface area contributed by atoms with Crippen LogP contribution in [0.15, 0.2) is 51.8 Å². The molecule has 2 heterocycles. The molecule has 1 N–H and O–H groups in total. The first-order chi connectivity index (χ1) is 13.9. The third-order valence-corrected chi connectivity index (χ3v) is 6.00. The third-order valence-electron chi connectivity index (χ3n) is 4.67. The molecule has 0 saturated carbocycles. The number of nitrogens with one attached hydrogen (secondary N) is 1. The van der Waals surface area contributed by atoms with Crippen LogP contribution in [0.25, 0.3) is 11.0 Å². The summed E-state index contributed by atoms with van der Waals surface area (Å²) in [6, 6.07) is 10.0. The Labute approximate surface area is 167 Å². The van der Waals surface area contributed by atoms with Crippen LogP contribution in [-0.4, -0.2) is 34.0 Å². The number of nitrogens with zero attached hydrogens (tertiary/aromatic N) is 1. The highest BCUT2D eigenvalue weighted by Crippen LogP contribution is 2.30. The molecular formula is C20H19FN2O5S. The molecule has 7 nitrogen and oxygen atoms in total. The number of furan rings is 1. The van der Waals surface area contributed by atoms with Gasteiger partial charge >= 0.3 is 5.91 Å². The summed E-state index contributed by atoms with van der Waals surface area (Å²) in [7, 11) is -4.15. The molecule has 0 radical (unpaired) electrons. The van der Waals surface area contributed by atoms with Gasteiger partial charge in [0.15, 0.2) is 5.76 Å². The van der Waals surface area contributed by atoms with Crippen LogP contribution in [0.5, 0.6) is 5.75 Å². The summed E-state index contributed by atoms with van der Waals surface area (Å²) in [4.78, 5) is 14.3. The van der Waals surface area contributed by atoms with Crippen molar-refractivity contribution in [3.63, 3.8) is 0 Å². The van der Waals surface area contributed by atoms with Crippen molar-refractivity contribution in [2.75, 3.05) is 24.6 Å². The van der Waals surface area contributed by atoms with Gasteiger partial charge in [0, 0.05) is 37.0 Å². The minimum atomic E-state index is -4.15. The van der Waals surface area contributed by atoms with Crippen molar-refractivity contribution >= 4 is 32.6 Å². The molecule has 0 unspecified atom stereocenters. The molecule has 3 aromatic rings. The second kappa shape index (κ2) is 7.40. The van der Waals surface area contributed by atoms with Crippen molar-refractivity contribution in [2.24, 2.45) is 0 Å². The summed E-state index contributed by atoms with van der Waals surface area (Å²) in [5, 5.41) is 0.121. The molecule has 4 rings (SSSR count). The SMILES string of the molecule is CCOc1cccc(S(=O)(=O)NC(=O)c2cc3c(F)cc(N4CCC4)cc3o2)c1. The summed E-state index contributed by atoms with van der Waals surface area (Å²) in [6.45, 7) is 3.81. The number of amides is 1. The van der Waals surface area contributed by atoms with Crippen LogP contribution in [-0.2, 0) is 10.0 Å². The van der Waals surface area contributed by atoms with Crippen LogP contribution < -0.4 is 14.4 Å². The summed E-state index contributed by atoms with van der Waals surface area (Å²) >= 11 is 0. The second-order valence-corrected chi connectivity index (χ2v) is 8.32. The number of hydrogen-bond donors (Lipinski definition) is 1. The standard InChI is InChI=1S/C20H19FN2O5S/c1-2-27-14-5-3-6-15(11-14)29(25,26)22-20(24)19-12-16-17(21)9-13(10-18(16)28-19)23-7-4-8-23/h3,5-6,9-12H,2,4,7-8H2,1H3,(H,22,24). The van der Waals surface area contributed by atoms with E-state index in [9.17, 15) is 17.6 Å². The van der Waals surface area contributed by atoms with E-state index in [0.29, 0.717) is 18.0 Å². The van der Waals surface area contributed by atoms with Gasteiger partial charge in [-0.25, -0.2) is 17.5 Å². The Balaban J connectivity index is 1.60. The lowest BCUT2D eigenvalue weighted by Gasteiger charge is -2.33. The molecule has 0 bridgehead atoms. The van der Waals surface area contributed by atoms with Crippen LogP contribution in [0.3, 0.4) is 0 Å². The largest absolute Gasteiger partial charge is 0.494 e. The van der Waals surface area contributed by atoms with Gasteiger partial charge in [-0.05, 0) is 31.5 Å². The minimum absolute atomic E-state index is 0.121. The summed E-state index contributed by atoms with van der Waals surface area (Å²) < 4.78 is 52.2. The Morgan fingerprint density at radius 1 is 1.24 bits per heavy atom. The lowest BCUT2D eigenvalue weighted by atomic mass is 10.1. The van der Waals surface area contributed by atoms with E-state index in [1.54, 1.807) is 19.1 Å². The van der Waals surface area contributed by atoms with Crippen molar-refractivity contribution in [1.82, 2.24) is 4.72 Å². The number of halogens is 1. The van der Waals surface area contributed by atoms with Crippen LogP contribution in [0.4, 0.5) is 10.1 Å². The first-order valence-corrected chi connectivity index (χ1v) is 10.6. The van der Waals surface area contributed by atoms with Gasteiger partial charge in [-0.15, -0.1) is 0 Å². The van der Waals surface area contributed by atoms with E-state index < -0.39 is 21.7 Å². The number of fused-ring (bicyclic) bond motifs is 1. The molecule has 1 fully saturated rings. The molecule has 0 aliphatic carbocycles. The lowest BCUT2D eigenvalue weighted by molar-refractivity contribution is 0.0956. The zero-order chi connectivity index (χ0) is 20.6. The van der Waals surface area contributed by atoms with Gasteiger partial charge in [0.25, 0.3) is 10.0 Å². The van der Waals surface area contributed by atoms with Gasteiger partial charge in [0.2, 0.25) is 0 Å². The second-order valence-electron chi connectivity index (χ2n) is 6.63. The maximum atomic E-state index is 14.4. The molecule has 1 amide bonds. The quantitative estimate of drug-likeness (QED) is 0.661. The molecule has 29 heavy (non-hydrogen) atoms. The Bertz CT molecular complexity index is 1180. The molecule has 152 valence electrons. The number of sulfonamides is 1. The fourth-order valence-corrected chi connectivity index (χ4v) is 4.07. The molecule has 9 heteroatoms. The van der Waals surface area contributed by atoms with Crippen LogP contribution in [0, 0.1) is 5.82 Å². The maximum absolute atomic E-state index is 14.4. The Morgan fingerprint density at radius 3 is 2.72 bits per heavy atom. The van der Waals surface area contributed by atoms with Gasteiger partial charge in [-0.2, -0.15) is 0 Å². The predicted molar refractivity (Wildman–Crippen MR) is 105 cm³/mol. The topological polar surface area (TPSA) is 88.8 Å². The van der Waals surface area contributed by atoms with Crippen LogP contribution >= 0.6 is 0 Å². The lowest BCUT2D eigenvalue weighted by Crippen LogP contribution is -2.36. The van der Waals surface area contributed by atoms with E-state index in [0.717, 1.165) is 19.5 Å². The molecule has 1 aliphatic heterocycles. The van der Waals surface area contributed by atoms with Gasteiger partial charge in [-0.1, -0.05) is 6.07 Å². The smallest absolute Gasteiger partial charge is 0.300 e. The van der Waals surface area contributed by atoms with E-state index in [2.05, 4.69) is 0 Å². The van der Waals surface area contributed by atoms with E-state index in [1.807, 2.05) is 9.62 Å². The van der Waals surface area contributed by atoms with E-state index in [4.69, 9.17) is 9.15 Å². The van der Waals surface area contributed by atoms with E-state index in [-0.39, 0.29) is 21.6 Å². The van der Waals surface area contributed by atoms with Gasteiger partial charge < -0.3 is 14.1 Å². The first-order valence-electron chi connectivity index (χ1n) is 9.15. The van der Waals surface area contributed by atoms with Crippen LogP contribution in [0.2, 0.25) is 0 Å². The fourth-order valence-electron chi connectivity index (χ4n) is 3.08. The number of anilines is 1. The maximum Gasteiger partial charge on any atom is 0.300 e. The number of benzene rings is 2. The fraction of sp³-hybridized carbons (Fsp3) is 0.250. The summed E-state index contributed by atoms with van der Waals surface area (Å²) in [6.07, 6.45) is 1.04. The third kappa shape index (κ3) is 3.77. The predicted octanol–water partition coefficient (Wildman–Crippen LogP) is 3.30. The molecule has 0 atom stereocenters. The van der Waals surface area contributed by atoms with Crippen molar-refractivity contribution in [3.05, 3.63) is 54.0 Å². The van der Waals surface area contributed by atoms with Gasteiger partial charge in [0.1, 0.15) is 17.1 Å². The van der Waals surface area contributed by atoms with Crippen molar-refractivity contribution < 1.29 is 26.8 Å². The Morgan fingerprint density at radius 2 is 2.03 bits per heavy atom. The normalized spacial score (nSPS) is 13.9. The Kier molecular flexibility index (Phi) is 4.91. The number of carbonyl (C=O) groups excluding carboxylic acids is 1. The number of ether oxygens (including phenoxy) is 1. The van der Waals surface area contributed by atoms with E-state index >= 15 is 0 Å². The van der Waals surface area contributed by atoms with Crippen molar-refractivity contribution in [1.29, 1.82) is 0 Å². The number of rotatable bonds is 6. The molecule has 1 aromatic heterocycles. The van der Waals surface area contributed by atoms with Gasteiger partial charge in [0.05, 0.1) is 16.9 Å². The zero-order valence-electron chi connectivity index (χ0n) is 15.6. The van der Waals surface area contributed by atoms with Crippen molar-refractivity contribution in [3.8, 4) is 5.75 Å². The monoisotopic (exact) mass is 418 g/mol. The molecule has 1 saturated heterocycles. The Hall–Kier alpha value is -3.07. The minimum Gasteiger partial charge on any atom is -0.494 e. The highest BCUT2D eigenvalue weighted by molar-refractivity contribution is 7.90. The van der Waals surface area contributed by atoms with Crippen molar-refractivity contribution in [2.45, 2.75) is 18.2 Å². The zero-order valence-corrected chi connectivity index (χ0v) is 16.5. The average Bonchev–Trinajstić information content (AvgIpc) is 3.05. The first kappa shape index (κ1) is 19.3. The molecular weight excluding hydrogens is 399 g/mol. The van der Waals surface area contributed by atoms with E-state index in [1.165, 1.54) is 30.3 Å². The highest BCUT2D eigenvalue weighted by Gasteiger charge is 2.24. The summed E-state index contributed by atoms with van der Waals surface area (Å²) in [5.41, 5.74) is 0.857. The van der Waals surface area contributed by atoms with Gasteiger partial charge in [-0.3, -0.25) is 4.79 Å². The molecule has 0 spiro atoms. The van der Waals surface area contributed by atoms with Crippen LogP contribution in [0.1, 0.15) is 23.9 Å². The molecule has 1 aliphatic rings. The number of hydrogen-bond acceptors (Lipinski definition) is 6. The average molecular weight is 418 g/mol. The highest BCUT2D eigenvalue weighted by atomic mass is 32.2. The summed E-state index contributed by atoms with van der Waals surface area (Å²) in [5.74, 6) is -1.43.